The first-order valence-corrected chi connectivity index (χ1v) is 8.49. The quantitative estimate of drug-likeness (QED) is 0.812. The van der Waals surface area contributed by atoms with Crippen LogP contribution in [0.2, 0.25) is 0 Å². The van der Waals surface area contributed by atoms with Gasteiger partial charge in [-0.25, -0.2) is 8.42 Å². The van der Waals surface area contributed by atoms with Crippen LogP contribution >= 0.6 is 22.6 Å². The van der Waals surface area contributed by atoms with Gasteiger partial charge in [0.25, 0.3) is 0 Å². The second kappa shape index (κ2) is 5.85. The fraction of sp³-hybridized carbons (Fsp3) is 0.500. The monoisotopic (exact) mass is 380 g/mol. The van der Waals surface area contributed by atoms with Crippen molar-refractivity contribution in [1.82, 2.24) is 9.62 Å². The molecule has 100 valence electrons. The van der Waals surface area contributed by atoms with Crippen molar-refractivity contribution >= 4 is 32.6 Å². The average molecular weight is 380 g/mol. The van der Waals surface area contributed by atoms with Gasteiger partial charge >= 0.3 is 0 Å². The molecule has 0 saturated carbocycles. The van der Waals surface area contributed by atoms with E-state index in [9.17, 15) is 8.42 Å². The van der Waals surface area contributed by atoms with Gasteiger partial charge in [0.15, 0.2) is 0 Å². The molecule has 2 rings (SSSR count). The predicted octanol–water partition coefficient (Wildman–Crippen LogP) is 1.66. The summed E-state index contributed by atoms with van der Waals surface area (Å²) in [6, 6.07) is 7.51. The van der Waals surface area contributed by atoms with Gasteiger partial charge in [-0.3, -0.25) is 0 Å². The third kappa shape index (κ3) is 3.04. The lowest BCUT2D eigenvalue weighted by atomic mass is 10.1. The minimum atomic E-state index is -3.32. The molecule has 6 heteroatoms. The predicted molar refractivity (Wildman–Crippen MR) is 80.0 cm³/mol. The number of nitrogens with zero attached hydrogens (tertiary/aromatic N) is 1. The molecule has 0 unspecified atom stereocenters. The standard InChI is InChI=1S/C12H17IN2O2S/c1-14-11-5-7-15(8-6-11)18(16,17)12-4-2-3-10(13)9-12/h2-4,9,11,14H,5-8H2,1H3. The summed E-state index contributed by atoms with van der Waals surface area (Å²) in [4.78, 5) is 0.400. The van der Waals surface area contributed by atoms with Crippen LogP contribution < -0.4 is 5.32 Å². The van der Waals surface area contributed by atoms with Gasteiger partial charge in [0.1, 0.15) is 0 Å². The first kappa shape index (κ1) is 14.2. The molecule has 0 radical (unpaired) electrons. The highest BCUT2D eigenvalue weighted by molar-refractivity contribution is 14.1. The van der Waals surface area contributed by atoms with Gasteiger partial charge < -0.3 is 5.32 Å². The van der Waals surface area contributed by atoms with Gasteiger partial charge in [0.2, 0.25) is 10.0 Å². The Morgan fingerprint density at radius 2 is 2.00 bits per heavy atom. The van der Waals surface area contributed by atoms with E-state index in [-0.39, 0.29) is 0 Å². The average Bonchev–Trinajstić information content (AvgIpc) is 2.39. The number of halogens is 1. The second-order valence-corrected chi connectivity index (χ2v) is 7.61. The lowest BCUT2D eigenvalue weighted by molar-refractivity contribution is 0.298. The molecule has 1 aromatic rings. The van der Waals surface area contributed by atoms with Crippen molar-refractivity contribution in [2.24, 2.45) is 0 Å². The normalized spacial score (nSPS) is 19.0. The summed E-state index contributed by atoms with van der Waals surface area (Å²) in [5, 5.41) is 3.20. The minimum Gasteiger partial charge on any atom is -0.317 e. The molecule has 1 aliphatic heterocycles. The Balaban J connectivity index is 2.17. The number of benzene rings is 1. The smallest absolute Gasteiger partial charge is 0.243 e. The zero-order chi connectivity index (χ0) is 13.2. The van der Waals surface area contributed by atoms with Crippen LogP contribution in [0.3, 0.4) is 0 Å². The van der Waals surface area contributed by atoms with E-state index >= 15 is 0 Å². The fourth-order valence-corrected chi connectivity index (χ4v) is 4.43. The summed E-state index contributed by atoms with van der Waals surface area (Å²) in [6.07, 6.45) is 1.75. The molecule has 0 aromatic heterocycles. The molecular formula is C12H17IN2O2S. The maximum absolute atomic E-state index is 12.4. The SMILES string of the molecule is CNC1CCN(S(=O)(=O)c2cccc(I)c2)CC1. The molecule has 0 atom stereocenters. The van der Waals surface area contributed by atoms with Crippen LogP contribution in [0.25, 0.3) is 0 Å². The molecule has 1 N–H and O–H groups in total. The van der Waals surface area contributed by atoms with E-state index in [1.54, 1.807) is 22.5 Å². The largest absolute Gasteiger partial charge is 0.317 e. The molecule has 0 bridgehead atoms. The van der Waals surface area contributed by atoms with Crippen LogP contribution in [0.4, 0.5) is 0 Å². The Kier molecular flexibility index (Phi) is 4.63. The molecule has 1 heterocycles. The summed E-state index contributed by atoms with van der Waals surface area (Å²) in [5.41, 5.74) is 0. The van der Waals surface area contributed by atoms with Gasteiger partial charge in [0, 0.05) is 22.7 Å². The summed E-state index contributed by atoms with van der Waals surface area (Å²) in [6.45, 7) is 1.19. The number of sulfonamides is 1. The molecule has 1 aromatic carbocycles. The zero-order valence-electron chi connectivity index (χ0n) is 10.3. The lowest BCUT2D eigenvalue weighted by Gasteiger charge is -2.31. The van der Waals surface area contributed by atoms with Crippen molar-refractivity contribution in [2.45, 2.75) is 23.8 Å². The van der Waals surface area contributed by atoms with Crippen LogP contribution in [0, 0.1) is 3.57 Å². The van der Waals surface area contributed by atoms with Crippen molar-refractivity contribution in [3.63, 3.8) is 0 Å². The molecule has 0 spiro atoms. The zero-order valence-corrected chi connectivity index (χ0v) is 13.2. The molecule has 0 aliphatic carbocycles. The van der Waals surface area contributed by atoms with E-state index < -0.39 is 10.0 Å². The molecule has 0 amide bonds. The molecular weight excluding hydrogens is 363 g/mol. The Labute approximate surface area is 122 Å². The maximum Gasteiger partial charge on any atom is 0.243 e. The Bertz CT molecular complexity index is 511. The highest BCUT2D eigenvalue weighted by Crippen LogP contribution is 2.21. The fourth-order valence-electron chi connectivity index (χ4n) is 2.16. The van der Waals surface area contributed by atoms with Gasteiger partial charge in [-0.15, -0.1) is 0 Å². The number of hydrogen-bond acceptors (Lipinski definition) is 3. The lowest BCUT2D eigenvalue weighted by Crippen LogP contribution is -2.43. The minimum absolute atomic E-state index is 0.400. The van der Waals surface area contributed by atoms with E-state index in [0.717, 1.165) is 16.4 Å². The topological polar surface area (TPSA) is 49.4 Å². The number of hydrogen-bond donors (Lipinski definition) is 1. The third-order valence-corrected chi connectivity index (χ3v) is 5.86. The van der Waals surface area contributed by atoms with E-state index in [0.29, 0.717) is 24.0 Å². The summed E-state index contributed by atoms with van der Waals surface area (Å²) in [7, 11) is -1.39. The van der Waals surface area contributed by atoms with Crippen molar-refractivity contribution in [2.75, 3.05) is 20.1 Å². The highest BCUT2D eigenvalue weighted by atomic mass is 127. The van der Waals surface area contributed by atoms with Gasteiger partial charge in [-0.05, 0) is 60.7 Å². The highest BCUT2D eigenvalue weighted by Gasteiger charge is 2.28. The number of nitrogens with one attached hydrogen (secondary N) is 1. The maximum atomic E-state index is 12.4. The second-order valence-electron chi connectivity index (χ2n) is 4.42. The van der Waals surface area contributed by atoms with Crippen molar-refractivity contribution < 1.29 is 8.42 Å². The molecule has 4 nitrogen and oxygen atoms in total. The van der Waals surface area contributed by atoms with E-state index in [4.69, 9.17) is 0 Å². The Morgan fingerprint density at radius 3 is 2.56 bits per heavy atom. The van der Waals surface area contributed by atoms with E-state index in [1.807, 2.05) is 13.1 Å². The van der Waals surface area contributed by atoms with Crippen molar-refractivity contribution in [1.29, 1.82) is 0 Å². The molecule has 1 aliphatic rings. The number of piperidine rings is 1. The van der Waals surface area contributed by atoms with Gasteiger partial charge in [-0.2, -0.15) is 4.31 Å². The first-order valence-electron chi connectivity index (χ1n) is 5.97. The number of rotatable bonds is 3. The van der Waals surface area contributed by atoms with Gasteiger partial charge in [0.05, 0.1) is 4.90 Å². The summed E-state index contributed by atoms with van der Waals surface area (Å²) >= 11 is 2.13. The molecule has 1 fully saturated rings. The van der Waals surface area contributed by atoms with Crippen molar-refractivity contribution in [3.8, 4) is 0 Å². The van der Waals surface area contributed by atoms with Crippen molar-refractivity contribution in [3.05, 3.63) is 27.8 Å². The summed E-state index contributed by atoms with van der Waals surface area (Å²) < 4.78 is 27.4. The Hall–Kier alpha value is -0.180. The first-order chi connectivity index (χ1) is 8.54. The molecule has 18 heavy (non-hydrogen) atoms. The van der Waals surface area contributed by atoms with Gasteiger partial charge in [-0.1, -0.05) is 6.07 Å². The van der Waals surface area contributed by atoms with Crippen LogP contribution in [0.1, 0.15) is 12.8 Å². The Morgan fingerprint density at radius 1 is 1.33 bits per heavy atom. The molecule has 1 saturated heterocycles. The van der Waals surface area contributed by atoms with Crippen LogP contribution in [-0.2, 0) is 10.0 Å². The summed E-state index contributed by atoms with van der Waals surface area (Å²) in [5.74, 6) is 0. The van der Waals surface area contributed by atoms with Crippen LogP contribution in [0.15, 0.2) is 29.2 Å². The third-order valence-electron chi connectivity index (χ3n) is 3.30. The van der Waals surface area contributed by atoms with E-state index in [1.165, 1.54) is 0 Å². The van der Waals surface area contributed by atoms with E-state index in [2.05, 4.69) is 27.9 Å². The van der Waals surface area contributed by atoms with Crippen LogP contribution in [-0.4, -0.2) is 38.9 Å². The van der Waals surface area contributed by atoms with Crippen LogP contribution in [0.5, 0.6) is 0 Å².